The summed E-state index contributed by atoms with van der Waals surface area (Å²) in [5.74, 6) is -1.02. The lowest BCUT2D eigenvalue weighted by Crippen LogP contribution is -2.17. The molecular weight excluding hydrogens is 476 g/mol. The van der Waals surface area contributed by atoms with Gasteiger partial charge < -0.3 is 15.9 Å². The van der Waals surface area contributed by atoms with E-state index < -0.39 is 29.5 Å². The van der Waals surface area contributed by atoms with Crippen molar-refractivity contribution in [1.29, 1.82) is 0 Å². The Morgan fingerprint density at radius 3 is 1.69 bits per heavy atom. The molecule has 0 spiro atoms. The van der Waals surface area contributed by atoms with Gasteiger partial charge in [0.2, 0.25) is 0 Å². The number of aliphatic imine (C=N–C) groups is 2. The molecule has 3 rings (SSSR count). The Balaban J connectivity index is 2.18. The van der Waals surface area contributed by atoms with E-state index in [1.165, 1.54) is 49.4 Å². The summed E-state index contributed by atoms with van der Waals surface area (Å²) in [5.41, 5.74) is 2.79. The van der Waals surface area contributed by atoms with Crippen LogP contribution < -0.4 is 5.73 Å². The molecule has 0 fully saturated rings. The summed E-state index contributed by atoms with van der Waals surface area (Å²) in [6, 6.07) is 11.5. The number of benzene rings is 3. The fourth-order valence-electron chi connectivity index (χ4n) is 3.16. The Labute approximate surface area is 195 Å². The molecule has 1 atom stereocenters. The zero-order valence-electron chi connectivity index (χ0n) is 18.1. The first-order valence-corrected chi connectivity index (χ1v) is 10.1. The number of phenols is 2. The highest BCUT2D eigenvalue weighted by atomic mass is 19.4. The first-order valence-electron chi connectivity index (χ1n) is 10.1. The van der Waals surface area contributed by atoms with Crippen LogP contribution in [0.2, 0.25) is 0 Å². The van der Waals surface area contributed by atoms with Gasteiger partial charge >= 0.3 is 12.4 Å². The number of halogens is 6. The maximum absolute atomic E-state index is 13.3. The van der Waals surface area contributed by atoms with E-state index in [1.54, 1.807) is 6.07 Å². The lowest BCUT2D eigenvalue weighted by Gasteiger charge is -2.17. The van der Waals surface area contributed by atoms with Gasteiger partial charge in [-0.15, -0.1) is 0 Å². The number of hydrogen-bond acceptors (Lipinski definition) is 3. The van der Waals surface area contributed by atoms with Crippen LogP contribution in [0.25, 0.3) is 0 Å². The number of nitrogens with zero attached hydrogens (tertiary/aromatic N) is 2. The van der Waals surface area contributed by atoms with E-state index in [1.807, 2.05) is 0 Å². The Hall–Kier alpha value is -4.02. The van der Waals surface area contributed by atoms with E-state index in [2.05, 4.69) is 9.98 Å². The predicted octanol–water partition coefficient (Wildman–Crippen LogP) is 6.05. The Kier molecular flexibility index (Phi) is 7.09. The Morgan fingerprint density at radius 2 is 1.23 bits per heavy atom. The highest BCUT2D eigenvalue weighted by Gasteiger charge is 2.37. The zero-order chi connectivity index (χ0) is 26.0. The van der Waals surface area contributed by atoms with Crippen molar-refractivity contribution in [2.24, 2.45) is 15.7 Å². The number of rotatable bonds is 4. The summed E-state index contributed by atoms with van der Waals surface area (Å²) >= 11 is 0. The van der Waals surface area contributed by atoms with Crippen molar-refractivity contribution >= 4 is 11.7 Å². The number of para-hydroxylation sites is 2. The highest BCUT2D eigenvalue weighted by molar-refractivity contribution is 6.12. The summed E-state index contributed by atoms with van der Waals surface area (Å²) in [5, 5.41) is 20.3. The highest BCUT2D eigenvalue weighted by Crippen LogP contribution is 2.38. The number of hydrogen-bond donors (Lipinski definition) is 3. The van der Waals surface area contributed by atoms with Crippen molar-refractivity contribution in [3.8, 4) is 11.5 Å². The van der Waals surface area contributed by atoms with Crippen molar-refractivity contribution < 1.29 is 36.6 Å². The number of amidine groups is 2. The third-order valence-electron chi connectivity index (χ3n) is 4.96. The van der Waals surface area contributed by atoms with E-state index in [0.717, 1.165) is 0 Å². The number of nitrogens with two attached hydrogens (primary N) is 1. The molecule has 0 saturated carbocycles. The van der Waals surface area contributed by atoms with Gasteiger partial charge in [-0.2, -0.15) is 26.3 Å². The molecule has 1 unspecified atom stereocenters. The van der Waals surface area contributed by atoms with E-state index in [0.29, 0.717) is 12.1 Å². The third kappa shape index (κ3) is 6.11. The fourth-order valence-corrected chi connectivity index (χ4v) is 3.16. The van der Waals surface area contributed by atoms with E-state index in [-0.39, 0.29) is 45.9 Å². The SMILES string of the molecule is CC(N=C(N=C(N)c1ccccc1O)c1ccccc1O)c1cc(C(F)(F)F)cc(C(F)(F)F)c1. The minimum absolute atomic E-state index is 0.0260. The summed E-state index contributed by atoms with van der Waals surface area (Å²) in [7, 11) is 0. The Bertz CT molecular complexity index is 1250. The molecule has 0 amide bonds. The van der Waals surface area contributed by atoms with Gasteiger partial charge in [0.25, 0.3) is 0 Å². The fraction of sp³-hybridized carbons (Fsp3) is 0.167. The minimum atomic E-state index is -5.02. The second-order valence-electron chi connectivity index (χ2n) is 7.50. The van der Waals surface area contributed by atoms with Gasteiger partial charge in [0, 0.05) is 0 Å². The molecule has 0 heterocycles. The molecule has 184 valence electrons. The average Bonchev–Trinajstić information content (AvgIpc) is 2.77. The first-order chi connectivity index (χ1) is 16.3. The topological polar surface area (TPSA) is 91.2 Å². The number of alkyl halides is 6. The van der Waals surface area contributed by atoms with Crippen molar-refractivity contribution in [1.82, 2.24) is 0 Å². The van der Waals surface area contributed by atoms with Crippen molar-refractivity contribution in [3.63, 3.8) is 0 Å². The van der Waals surface area contributed by atoms with E-state index >= 15 is 0 Å². The van der Waals surface area contributed by atoms with Crippen molar-refractivity contribution in [2.75, 3.05) is 0 Å². The zero-order valence-corrected chi connectivity index (χ0v) is 18.1. The molecular formula is C24H19F6N3O2. The smallest absolute Gasteiger partial charge is 0.416 e. The van der Waals surface area contributed by atoms with Gasteiger partial charge in [-0.1, -0.05) is 24.3 Å². The molecule has 0 bridgehead atoms. The van der Waals surface area contributed by atoms with Crippen molar-refractivity contribution in [3.05, 3.63) is 94.5 Å². The van der Waals surface area contributed by atoms with Crippen LogP contribution >= 0.6 is 0 Å². The third-order valence-corrected chi connectivity index (χ3v) is 4.96. The van der Waals surface area contributed by atoms with Gasteiger partial charge in [-0.25, -0.2) is 4.99 Å². The van der Waals surface area contributed by atoms with Crippen molar-refractivity contribution in [2.45, 2.75) is 25.3 Å². The lowest BCUT2D eigenvalue weighted by atomic mass is 10.0. The molecule has 5 nitrogen and oxygen atoms in total. The molecule has 0 saturated heterocycles. The number of aromatic hydroxyl groups is 2. The van der Waals surface area contributed by atoms with Crippen LogP contribution in [-0.2, 0) is 12.4 Å². The summed E-state index contributed by atoms with van der Waals surface area (Å²) in [6.45, 7) is 1.28. The van der Waals surface area contributed by atoms with Crippen LogP contribution in [0, 0.1) is 0 Å². The molecule has 35 heavy (non-hydrogen) atoms. The second kappa shape index (κ2) is 9.69. The lowest BCUT2D eigenvalue weighted by molar-refractivity contribution is -0.143. The van der Waals surface area contributed by atoms with E-state index in [4.69, 9.17) is 5.73 Å². The molecule has 11 heteroatoms. The van der Waals surface area contributed by atoms with Gasteiger partial charge in [-0.3, -0.25) is 4.99 Å². The average molecular weight is 495 g/mol. The maximum atomic E-state index is 13.3. The van der Waals surface area contributed by atoms with Crippen LogP contribution in [0.4, 0.5) is 26.3 Å². The molecule has 0 aromatic heterocycles. The van der Waals surface area contributed by atoms with Gasteiger partial charge in [0.15, 0.2) is 5.84 Å². The molecule has 3 aromatic rings. The monoisotopic (exact) mass is 495 g/mol. The summed E-state index contributed by atoms with van der Waals surface area (Å²) in [6.07, 6.45) is -10.0. The molecule has 4 N–H and O–H groups in total. The summed E-state index contributed by atoms with van der Waals surface area (Å²) in [4.78, 5) is 8.32. The van der Waals surface area contributed by atoms with Gasteiger partial charge in [0.1, 0.15) is 17.3 Å². The Morgan fingerprint density at radius 1 is 0.771 bits per heavy atom. The second-order valence-corrected chi connectivity index (χ2v) is 7.50. The minimum Gasteiger partial charge on any atom is -0.507 e. The molecule has 3 aromatic carbocycles. The maximum Gasteiger partial charge on any atom is 0.416 e. The molecule has 0 aliphatic carbocycles. The van der Waals surface area contributed by atoms with E-state index in [9.17, 15) is 36.6 Å². The quantitative estimate of drug-likeness (QED) is 0.234. The molecule has 0 aliphatic heterocycles. The molecule has 0 aliphatic rings. The standard InChI is InChI=1S/C24H19F6N3O2/c1-13(14-10-15(23(25,26)27)12-16(11-14)24(28,29)30)32-22(18-7-3-5-9-20(18)35)33-21(31)17-6-2-4-8-19(17)34/h2-13,34-35H,1H3,(H2,31,32,33). The predicted molar refractivity (Wildman–Crippen MR) is 118 cm³/mol. The molecule has 0 radical (unpaired) electrons. The van der Waals surface area contributed by atoms with Gasteiger partial charge in [0.05, 0.1) is 28.3 Å². The first kappa shape index (κ1) is 25.6. The van der Waals surface area contributed by atoms with Crippen LogP contribution in [0.15, 0.2) is 76.7 Å². The van der Waals surface area contributed by atoms with Crippen LogP contribution in [0.5, 0.6) is 11.5 Å². The number of phenolic OH excluding ortho intramolecular Hbond substituents is 2. The van der Waals surface area contributed by atoms with Crippen LogP contribution in [0.3, 0.4) is 0 Å². The normalized spacial score (nSPS) is 14.1. The largest absolute Gasteiger partial charge is 0.507 e. The van der Waals surface area contributed by atoms with Crippen LogP contribution in [0.1, 0.15) is 40.8 Å². The van der Waals surface area contributed by atoms with Gasteiger partial charge in [-0.05, 0) is 55.0 Å². The summed E-state index contributed by atoms with van der Waals surface area (Å²) < 4.78 is 79.7. The van der Waals surface area contributed by atoms with Crippen LogP contribution in [-0.4, -0.2) is 21.9 Å².